The fourth-order valence-corrected chi connectivity index (χ4v) is 1.29. The number of amides is 1. The van der Waals surface area contributed by atoms with Gasteiger partial charge in [0, 0.05) is 19.5 Å². The van der Waals surface area contributed by atoms with Gasteiger partial charge in [-0.25, -0.2) is 4.79 Å². The summed E-state index contributed by atoms with van der Waals surface area (Å²) in [6.45, 7) is 1.08. The van der Waals surface area contributed by atoms with Crippen LogP contribution in [0.2, 0.25) is 0 Å². The maximum Gasteiger partial charge on any atom is 0.326 e. The van der Waals surface area contributed by atoms with Gasteiger partial charge in [0.05, 0.1) is 5.92 Å². The lowest BCUT2D eigenvalue weighted by molar-refractivity contribution is -0.144. The van der Waals surface area contributed by atoms with E-state index in [1.54, 1.807) is 0 Å². The van der Waals surface area contributed by atoms with Crippen LogP contribution in [-0.2, 0) is 14.4 Å². The highest BCUT2D eigenvalue weighted by molar-refractivity contribution is 5.86. The summed E-state index contributed by atoms with van der Waals surface area (Å²) < 4.78 is 0. The van der Waals surface area contributed by atoms with Crippen molar-refractivity contribution in [3.05, 3.63) is 0 Å². The molecule has 7 heteroatoms. The number of carbonyl (C=O) groups excluding carboxylic acids is 1. The van der Waals surface area contributed by atoms with Crippen LogP contribution in [-0.4, -0.2) is 47.2 Å². The van der Waals surface area contributed by atoms with Gasteiger partial charge in [-0.3, -0.25) is 9.59 Å². The molecule has 0 spiro atoms. The number of carbonyl (C=O) groups is 3. The van der Waals surface area contributed by atoms with Crippen molar-refractivity contribution in [2.45, 2.75) is 18.9 Å². The largest absolute Gasteiger partial charge is 0.481 e. The molecule has 0 aromatic carbocycles. The number of hydrogen-bond acceptors (Lipinski definition) is 4. The monoisotopic (exact) mass is 230 g/mol. The molecule has 1 rings (SSSR count). The Morgan fingerprint density at radius 2 is 1.94 bits per heavy atom. The summed E-state index contributed by atoms with van der Waals surface area (Å²) in [6, 6.07) is -1.12. The molecule has 1 heterocycles. The van der Waals surface area contributed by atoms with Crippen LogP contribution >= 0.6 is 0 Å². The zero-order valence-corrected chi connectivity index (χ0v) is 8.60. The van der Waals surface area contributed by atoms with Crippen molar-refractivity contribution in [2.24, 2.45) is 5.92 Å². The molecule has 0 aliphatic carbocycles. The van der Waals surface area contributed by atoms with E-state index in [0.717, 1.165) is 0 Å². The van der Waals surface area contributed by atoms with E-state index in [9.17, 15) is 14.4 Å². The average Bonchev–Trinajstić information content (AvgIpc) is 2.08. The van der Waals surface area contributed by atoms with Gasteiger partial charge in [-0.1, -0.05) is 0 Å². The van der Waals surface area contributed by atoms with Gasteiger partial charge in [0.2, 0.25) is 5.91 Å². The van der Waals surface area contributed by atoms with Crippen LogP contribution in [0.15, 0.2) is 0 Å². The Hall–Kier alpha value is -1.63. The van der Waals surface area contributed by atoms with Crippen LogP contribution in [0, 0.1) is 5.92 Å². The second-order valence-corrected chi connectivity index (χ2v) is 3.69. The predicted octanol–water partition coefficient (Wildman–Crippen LogP) is -1.36. The highest BCUT2D eigenvalue weighted by Gasteiger charge is 2.29. The Morgan fingerprint density at radius 1 is 1.31 bits per heavy atom. The summed E-state index contributed by atoms with van der Waals surface area (Å²) in [5.74, 6) is -2.82. The lowest BCUT2D eigenvalue weighted by Gasteiger charge is -2.27. The van der Waals surface area contributed by atoms with Gasteiger partial charge < -0.3 is 20.8 Å². The topological polar surface area (TPSA) is 116 Å². The van der Waals surface area contributed by atoms with Gasteiger partial charge >= 0.3 is 11.9 Å². The molecule has 1 aliphatic rings. The van der Waals surface area contributed by atoms with E-state index in [4.69, 9.17) is 10.2 Å². The first-order chi connectivity index (χ1) is 7.50. The van der Waals surface area contributed by atoms with Crippen molar-refractivity contribution < 1.29 is 24.6 Å². The van der Waals surface area contributed by atoms with Crippen molar-refractivity contribution >= 4 is 17.8 Å². The van der Waals surface area contributed by atoms with Gasteiger partial charge in [-0.2, -0.15) is 0 Å². The van der Waals surface area contributed by atoms with Crippen LogP contribution in [0.5, 0.6) is 0 Å². The van der Waals surface area contributed by atoms with E-state index in [1.807, 2.05) is 0 Å². The molecule has 1 saturated heterocycles. The third-order valence-electron chi connectivity index (χ3n) is 2.41. The molecular formula is C9H14N2O5. The first-order valence-electron chi connectivity index (χ1n) is 4.96. The van der Waals surface area contributed by atoms with Gasteiger partial charge in [0.15, 0.2) is 0 Å². The molecule has 0 radical (unpaired) electrons. The minimum Gasteiger partial charge on any atom is -0.481 e. The molecule has 1 fully saturated rings. The van der Waals surface area contributed by atoms with Gasteiger partial charge in [-0.05, 0) is 6.42 Å². The first kappa shape index (κ1) is 12.4. The number of carboxylic acid groups (broad SMARTS) is 2. The van der Waals surface area contributed by atoms with Gasteiger partial charge in [0.1, 0.15) is 6.04 Å². The Kier molecular flexibility index (Phi) is 4.24. The number of nitrogens with one attached hydrogen (secondary N) is 2. The minimum atomic E-state index is -1.21. The highest BCUT2D eigenvalue weighted by atomic mass is 16.4. The molecule has 0 aromatic rings. The number of hydrogen-bond donors (Lipinski definition) is 4. The summed E-state index contributed by atoms with van der Waals surface area (Å²) in [4.78, 5) is 32.5. The molecule has 0 unspecified atom stereocenters. The third-order valence-corrected chi connectivity index (χ3v) is 2.41. The maximum absolute atomic E-state index is 11.4. The van der Waals surface area contributed by atoms with Gasteiger partial charge in [0.25, 0.3) is 0 Å². The fourth-order valence-electron chi connectivity index (χ4n) is 1.29. The summed E-state index contributed by atoms with van der Waals surface area (Å²) in [6.07, 6.45) is -0.378. The van der Waals surface area contributed by atoms with Crippen LogP contribution in [0.4, 0.5) is 0 Å². The Morgan fingerprint density at radius 3 is 2.31 bits per heavy atom. The maximum atomic E-state index is 11.4. The smallest absolute Gasteiger partial charge is 0.326 e. The summed E-state index contributed by atoms with van der Waals surface area (Å²) in [7, 11) is 0. The molecular weight excluding hydrogens is 216 g/mol. The third kappa shape index (κ3) is 3.50. The van der Waals surface area contributed by atoms with E-state index in [1.165, 1.54) is 0 Å². The van der Waals surface area contributed by atoms with Gasteiger partial charge in [-0.15, -0.1) is 0 Å². The lowest BCUT2D eigenvalue weighted by Crippen LogP contribution is -2.54. The molecule has 0 aromatic heterocycles. The predicted molar refractivity (Wildman–Crippen MR) is 52.8 cm³/mol. The minimum absolute atomic E-state index is 0.101. The van der Waals surface area contributed by atoms with Crippen molar-refractivity contribution in [3.63, 3.8) is 0 Å². The van der Waals surface area contributed by atoms with E-state index in [2.05, 4.69) is 10.6 Å². The lowest BCUT2D eigenvalue weighted by atomic mass is 10.0. The first-order valence-corrected chi connectivity index (χ1v) is 4.96. The van der Waals surface area contributed by atoms with Crippen LogP contribution in [0.3, 0.4) is 0 Å². The standard InChI is InChI=1S/C9H14N2O5/c12-7(13)2-1-6(9(15)16)11-8(14)5-3-10-4-5/h5-6,10H,1-4H2,(H,11,14)(H,12,13)(H,15,16)/t6-/m0/s1. The number of carboxylic acids is 2. The van der Waals surface area contributed by atoms with Crippen molar-refractivity contribution in [1.82, 2.24) is 10.6 Å². The second-order valence-electron chi connectivity index (χ2n) is 3.69. The molecule has 0 saturated carbocycles. The Balaban J connectivity index is 2.40. The molecule has 16 heavy (non-hydrogen) atoms. The fraction of sp³-hybridized carbons (Fsp3) is 0.667. The Labute approximate surface area is 91.8 Å². The van der Waals surface area contributed by atoms with Crippen molar-refractivity contribution in [1.29, 1.82) is 0 Å². The molecule has 7 nitrogen and oxygen atoms in total. The van der Waals surface area contributed by atoms with E-state index in [0.29, 0.717) is 13.1 Å². The molecule has 4 N–H and O–H groups in total. The van der Waals surface area contributed by atoms with Crippen molar-refractivity contribution in [3.8, 4) is 0 Å². The number of rotatable bonds is 6. The molecule has 90 valence electrons. The zero-order valence-electron chi connectivity index (χ0n) is 8.60. The molecule has 1 amide bonds. The zero-order chi connectivity index (χ0) is 12.1. The summed E-state index contributed by atoms with van der Waals surface area (Å²) >= 11 is 0. The van der Waals surface area contributed by atoms with Crippen LogP contribution < -0.4 is 10.6 Å². The van der Waals surface area contributed by atoms with E-state index >= 15 is 0 Å². The Bertz CT molecular complexity index is 300. The second kappa shape index (κ2) is 5.45. The summed E-state index contributed by atoms with van der Waals surface area (Å²) in [5.41, 5.74) is 0. The molecule has 0 bridgehead atoms. The molecule has 1 aliphatic heterocycles. The van der Waals surface area contributed by atoms with E-state index in [-0.39, 0.29) is 24.7 Å². The normalized spacial score (nSPS) is 17.2. The molecule has 1 atom stereocenters. The highest BCUT2D eigenvalue weighted by Crippen LogP contribution is 2.05. The number of aliphatic carboxylic acids is 2. The van der Waals surface area contributed by atoms with E-state index < -0.39 is 18.0 Å². The van der Waals surface area contributed by atoms with Crippen molar-refractivity contribution in [2.75, 3.05) is 13.1 Å². The SMILES string of the molecule is O=C(O)CC[C@H](NC(=O)C1CNC1)C(=O)O. The average molecular weight is 230 g/mol. The summed E-state index contributed by atoms with van der Waals surface area (Å²) in [5, 5.41) is 22.4. The quantitative estimate of drug-likeness (QED) is 0.448. The van der Waals surface area contributed by atoms with Crippen LogP contribution in [0.1, 0.15) is 12.8 Å². The van der Waals surface area contributed by atoms with Crippen LogP contribution in [0.25, 0.3) is 0 Å².